The molecule has 0 aromatic heterocycles. The third-order valence-corrected chi connectivity index (χ3v) is 3.31. The lowest BCUT2D eigenvalue weighted by molar-refractivity contribution is 0.414. The molecule has 1 aliphatic rings. The van der Waals surface area contributed by atoms with Crippen molar-refractivity contribution in [1.82, 2.24) is 10.2 Å². The van der Waals surface area contributed by atoms with E-state index >= 15 is 0 Å². The van der Waals surface area contributed by atoms with Crippen LogP contribution < -0.4 is 10.1 Å². The van der Waals surface area contributed by atoms with E-state index < -0.39 is 0 Å². The number of hydrogen-bond acceptors (Lipinski definition) is 2. The lowest BCUT2D eigenvalue weighted by Crippen LogP contribution is -2.39. The minimum Gasteiger partial charge on any atom is -0.497 e. The van der Waals surface area contributed by atoms with Gasteiger partial charge >= 0.3 is 0 Å². The number of hydrogen-bond donors (Lipinski definition) is 1. The monoisotopic (exact) mass is 389 g/mol. The maximum Gasteiger partial charge on any atom is 0.194 e. The van der Waals surface area contributed by atoms with Crippen molar-refractivity contribution in [2.45, 2.75) is 26.3 Å². The van der Waals surface area contributed by atoms with E-state index in [-0.39, 0.29) is 24.0 Å². The van der Waals surface area contributed by atoms with Crippen molar-refractivity contribution in [2.24, 2.45) is 4.99 Å². The van der Waals surface area contributed by atoms with Gasteiger partial charge in [-0.25, -0.2) is 4.99 Å². The molecule has 0 spiro atoms. The molecule has 0 amide bonds. The highest BCUT2D eigenvalue weighted by molar-refractivity contribution is 14.0. The predicted octanol–water partition coefficient (Wildman–Crippen LogP) is 2.87. The highest BCUT2D eigenvalue weighted by atomic mass is 127. The molecule has 1 saturated heterocycles. The second-order valence-corrected chi connectivity index (χ2v) is 4.71. The van der Waals surface area contributed by atoms with Crippen LogP contribution in [0.15, 0.2) is 29.3 Å². The first-order chi connectivity index (χ1) is 9.33. The number of likely N-dealkylation sites (tertiary alicyclic amines) is 1. The van der Waals surface area contributed by atoms with E-state index in [4.69, 9.17) is 9.73 Å². The topological polar surface area (TPSA) is 36.9 Å². The summed E-state index contributed by atoms with van der Waals surface area (Å²) in [6.07, 6.45) is 2.54. The number of guanidine groups is 1. The number of halogens is 1. The van der Waals surface area contributed by atoms with Gasteiger partial charge in [-0.2, -0.15) is 0 Å². The molecule has 20 heavy (non-hydrogen) atoms. The Bertz CT molecular complexity index is 414. The minimum absolute atomic E-state index is 0. The van der Waals surface area contributed by atoms with Gasteiger partial charge in [-0.3, -0.25) is 0 Å². The van der Waals surface area contributed by atoms with Crippen molar-refractivity contribution in [3.8, 4) is 5.75 Å². The van der Waals surface area contributed by atoms with Gasteiger partial charge in [-0.15, -0.1) is 24.0 Å². The molecule has 2 rings (SSSR count). The van der Waals surface area contributed by atoms with Crippen LogP contribution in [0.3, 0.4) is 0 Å². The standard InChI is InChI=1S/C15H23N3O.HI/c1-3-16-15(18-10-4-5-11-18)17-12-13-6-8-14(19-2)9-7-13;/h6-9H,3-5,10-12H2,1-2H3,(H,16,17);1H. The Morgan fingerprint density at radius 3 is 2.45 bits per heavy atom. The quantitative estimate of drug-likeness (QED) is 0.489. The molecule has 0 radical (unpaired) electrons. The average Bonchev–Trinajstić information content (AvgIpc) is 2.98. The van der Waals surface area contributed by atoms with Gasteiger partial charge in [-0.05, 0) is 37.5 Å². The summed E-state index contributed by atoms with van der Waals surface area (Å²) in [5, 5.41) is 3.37. The Morgan fingerprint density at radius 2 is 1.90 bits per heavy atom. The summed E-state index contributed by atoms with van der Waals surface area (Å²) >= 11 is 0. The van der Waals surface area contributed by atoms with Crippen LogP contribution in [0.5, 0.6) is 5.75 Å². The van der Waals surface area contributed by atoms with Crippen LogP contribution in [0, 0.1) is 0 Å². The van der Waals surface area contributed by atoms with E-state index in [0.717, 1.165) is 31.3 Å². The van der Waals surface area contributed by atoms with E-state index in [1.807, 2.05) is 12.1 Å². The number of methoxy groups -OCH3 is 1. The van der Waals surface area contributed by atoms with Crippen molar-refractivity contribution >= 4 is 29.9 Å². The summed E-state index contributed by atoms with van der Waals surface area (Å²) < 4.78 is 5.16. The Labute approximate surface area is 138 Å². The van der Waals surface area contributed by atoms with Crippen LogP contribution in [0.2, 0.25) is 0 Å². The Morgan fingerprint density at radius 1 is 1.25 bits per heavy atom. The fourth-order valence-electron chi connectivity index (χ4n) is 2.25. The molecule has 1 aromatic rings. The molecule has 0 bridgehead atoms. The lowest BCUT2D eigenvalue weighted by Gasteiger charge is -2.20. The van der Waals surface area contributed by atoms with Gasteiger partial charge in [0.25, 0.3) is 0 Å². The molecule has 1 aromatic carbocycles. The Kier molecular flexibility index (Phi) is 7.72. The number of aliphatic imine (C=N–C) groups is 1. The van der Waals surface area contributed by atoms with Crippen molar-refractivity contribution < 1.29 is 4.74 Å². The molecule has 0 saturated carbocycles. The van der Waals surface area contributed by atoms with Crippen LogP contribution in [0.1, 0.15) is 25.3 Å². The highest BCUT2D eigenvalue weighted by Crippen LogP contribution is 2.13. The summed E-state index contributed by atoms with van der Waals surface area (Å²) in [6.45, 7) is 5.97. The van der Waals surface area contributed by atoms with Gasteiger partial charge in [-0.1, -0.05) is 12.1 Å². The minimum atomic E-state index is 0. The number of nitrogens with one attached hydrogen (secondary N) is 1. The van der Waals surface area contributed by atoms with E-state index in [0.29, 0.717) is 6.54 Å². The van der Waals surface area contributed by atoms with Crippen LogP contribution in [0.4, 0.5) is 0 Å². The first-order valence-electron chi connectivity index (χ1n) is 6.99. The first-order valence-corrected chi connectivity index (χ1v) is 6.99. The van der Waals surface area contributed by atoms with Crippen molar-refractivity contribution in [2.75, 3.05) is 26.7 Å². The smallest absolute Gasteiger partial charge is 0.194 e. The highest BCUT2D eigenvalue weighted by Gasteiger charge is 2.15. The zero-order valence-electron chi connectivity index (χ0n) is 12.3. The zero-order valence-corrected chi connectivity index (χ0v) is 14.6. The molecular weight excluding hydrogens is 365 g/mol. The predicted molar refractivity (Wildman–Crippen MR) is 94.0 cm³/mol. The van der Waals surface area contributed by atoms with Crippen molar-refractivity contribution in [3.05, 3.63) is 29.8 Å². The van der Waals surface area contributed by atoms with Crippen LogP contribution in [-0.2, 0) is 6.54 Å². The number of benzene rings is 1. The van der Waals surface area contributed by atoms with E-state index in [1.165, 1.54) is 18.4 Å². The van der Waals surface area contributed by atoms with Crippen LogP contribution in [0.25, 0.3) is 0 Å². The Hall–Kier alpha value is -0.980. The van der Waals surface area contributed by atoms with Gasteiger partial charge in [0, 0.05) is 19.6 Å². The molecule has 112 valence electrons. The van der Waals surface area contributed by atoms with Crippen molar-refractivity contribution in [1.29, 1.82) is 0 Å². The molecule has 1 heterocycles. The third kappa shape index (κ3) is 4.85. The second kappa shape index (κ2) is 9.05. The number of ether oxygens (including phenoxy) is 1. The number of nitrogens with zero attached hydrogens (tertiary/aromatic N) is 2. The maximum atomic E-state index is 5.16. The maximum absolute atomic E-state index is 5.16. The summed E-state index contributed by atoms with van der Waals surface area (Å²) in [5.74, 6) is 1.93. The summed E-state index contributed by atoms with van der Waals surface area (Å²) in [7, 11) is 1.68. The van der Waals surface area contributed by atoms with E-state index in [2.05, 4.69) is 29.3 Å². The zero-order chi connectivity index (χ0) is 13.5. The molecule has 5 heteroatoms. The third-order valence-electron chi connectivity index (χ3n) is 3.31. The largest absolute Gasteiger partial charge is 0.497 e. The fourth-order valence-corrected chi connectivity index (χ4v) is 2.25. The van der Waals surface area contributed by atoms with Gasteiger partial charge in [0.15, 0.2) is 5.96 Å². The molecule has 0 aliphatic carbocycles. The fraction of sp³-hybridized carbons (Fsp3) is 0.533. The summed E-state index contributed by atoms with van der Waals surface area (Å²) in [4.78, 5) is 7.05. The second-order valence-electron chi connectivity index (χ2n) is 4.71. The van der Waals surface area contributed by atoms with Gasteiger partial charge in [0.1, 0.15) is 5.75 Å². The van der Waals surface area contributed by atoms with Crippen LogP contribution in [-0.4, -0.2) is 37.6 Å². The van der Waals surface area contributed by atoms with E-state index in [9.17, 15) is 0 Å². The average molecular weight is 389 g/mol. The van der Waals surface area contributed by atoms with Crippen LogP contribution >= 0.6 is 24.0 Å². The lowest BCUT2D eigenvalue weighted by atomic mass is 10.2. The van der Waals surface area contributed by atoms with Gasteiger partial charge < -0.3 is 15.0 Å². The summed E-state index contributed by atoms with van der Waals surface area (Å²) in [5.41, 5.74) is 1.20. The molecule has 1 fully saturated rings. The summed E-state index contributed by atoms with van der Waals surface area (Å²) in [6, 6.07) is 8.09. The normalized spacial score (nSPS) is 14.9. The van der Waals surface area contributed by atoms with E-state index in [1.54, 1.807) is 7.11 Å². The molecule has 0 atom stereocenters. The molecule has 4 nitrogen and oxygen atoms in total. The number of rotatable bonds is 4. The van der Waals surface area contributed by atoms with Crippen molar-refractivity contribution in [3.63, 3.8) is 0 Å². The van der Waals surface area contributed by atoms with Gasteiger partial charge in [0.05, 0.1) is 13.7 Å². The molecule has 0 unspecified atom stereocenters. The molecule has 1 N–H and O–H groups in total. The van der Waals surface area contributed by atoms with Gasteiger partial charge in [0.2, 0.25) is 0 Å². The molecular formula is C15H24IN3O. The molecule has 1 aliphatic heterocycles. The SMILES string of the molecule is CCNC(=NCc1ccc(OC)cc1)N1CCCC1.I. The Balaban J connectivity index is 0.00000200. The first kappa shape index (κ1) is 17.1.